The second kappa shape index (κ2) is 11.2. The van der Waals surface area contributed by atoms with Gasteiger partial charge >= 0.3 is 0 Å². The molecule has 0 radical (unpaired) electrons. The highest BCUT2D eigenvalue weighted by Gasteiger charge is 2.37. The zero-order valence-corrected chi connectivity index (χ0v) is 25.5. The van der Waals surface area contributed by atoms with Crippen LogP contribution in [0.3, 0.4) is 0 Å². The van der Waals surface area contributed by atoms with E-state index in [0.717, 1.165) is 0 Å². The summed E-state index contributed by atoms with van der Waals surface area (Å²) in [7, 11) is 4.18. The van der Waals surface area contributed by atoms with Gasteiger partial charge in [0.2, 0.25) is 10.9 Å². The molecule has 0 aromatic heterocycles. The SMILES string of the molecule is COc1c2c3c4c(c(NCCCOCCO)c(=O)c5c(O)cc(OC)c(c6c(OC)cc(O)c(c1=O)c63)c54)C=C(C)C2C(C)=O. The second-order valence-electron chi connectivity index (χ2n) is 11.1. The first-order valence-corrected chi connectivity index (χ1v) is 14.5. The van der Waals surface area contributed by atoms with Crippen molar-refractivity contribution in [3.05, 3.63) is 49.3 Å². The second-order valence-corrected chi connectivity index (χ2v) is 11.1. The number of aromatic hydroxyl groups is 2. The summed E-state index contributed by atoms with van der Waals surface area (Å²) in [6.07, 6.45) is 2.26. The molecule has 0 saturated heterocycles. The molecule has 0 amide bonds. The number of aliphatic hydroxyl groups is 1. The predicted octanol–water partition coefficient (Wildman–Crippen LogP) is 4.23. The van der Waals surface area contributed by atoms with Crippen molar-refractivity contribution in [2.45, 2.75) is 26.2 Å². The monoisotopic (exact) mass is 615 g/mol. The van der Waals surface area contributed by atoms with Crippen LogP contribution >= 0.6 is 0 Å². The maximum atomic E-state index is 14.4. The summed E-state index contributed by atoms with van der Waals surface area (Å²) < 4.78 is 22.6. The molecule has 0 saturated carbocycles. The van der Waals surface area contributed by atoms with Crippen LogP contribution in [0, 0.1) is 0 Å². The van der Waals surface area contributed by atoms with E-state index in [2.05, 4.69) is 5.32 Å². The van der Waals surface area contributed by atoms with Crippen LogP contribution in [0.5, 0.6) is 28.7 Å². The highest BCUT2D eigenvalue weighted by Crippen LogP contribution is 2.55. The largest absolute Gasteiger partial charge is 0.507 e. The highest BCUT2D eigenvalue weighted by atomic mass is 16.5. The van der Waals surface area contributed by atoms with Gasteiger partial charge in [-0.2, -0.15) is 0 Å². The Balaban J connectivity index is 1.94. The number of allylic oxidation sites excluding steroid dienone is 1. The zero-order chi connectivity index (χ0) is 32.3. The van der Waals surface area contributed by atoms with Crippen LogP contribution in [-0.4, -0.2) is 68.8 Å². The molecule has 45 heavy (non-hydrogen) atoms. The van der Waals surface area contributed by atoms with E-state index in [9.17, 15) is 24.6 Å². The number of ether oxygens (including phenoxy) is 4. The van der Waals surface area contributed by atoms with Gasteiger partial charge in [0.1, 0.15) is 28.8 Å². The molecule has 0 aliphatic heterocycles. The number of methoxy groups -OCH3 is 3. The Kier molecular flexibility index (Phi) is 7.54. The third-order valence-electron chi connectivity index (χ3n) is 8.65. The molecule has 1 aliphatic rings. The van der Waals surface area contributed by atoms with E-state index in [1.54, 1.807) is 13.0 Å². The van der Waals surface area contributed by atoms with Gasteiger partial charge in [-0.25, -0.2) is 0 Å². The number of fused-ring (bicyclic) bond motifs is 1. The first-order valence-electron chi connectivity index (χ1n) is 14.5. The van der Waals surface area contributed by atoms with E-state index in [1.165, 1.54) is 40.4 Å². The highest BCUT2D eigenvalue weighted by molar-refractivity contribution is 6.39. The molecule has 0 bridgehead atoms. The van der Waals surface area contributed by atoms with Crippen LogP contribution in [0.2, 0.25) is 0 Å². The fourth-order valence-electron chi connectivity index (χ4n) is 6.99. The van der Waals surface area contributed by atoms with Crippen LogP contribution in [0.25, 0.3) is 49.2 Å². The number of phenols is 2. The lowest BCUT2D eigenvalue weighted by atomic mass is 9.80. The fraction of sp³-hybridized carbons (Fsp3) is 0.324. The third-order valence-corrected chi connectivity index (χ3v) is 8.65. The van der Waals surface area contributed by atoms with E-state index >= 15 is 0 Å². The lowest BCUT2D eigenvalue weighted by Crippen LogP contribution is -2.18. The molecule has 5 aromatic carbocycles. The van der Waals surface area contributed by atoms with E-state index in [-0.39, 0.29) is 64.2 Å². The van der Waals surface area contributed by atoms with Crippen molar-refractivity contribution in [2.75, 3.05) is 53.0 Å². The van der Waals surface area contributed by atoms with Gasteiger partial charge in [-0.1, -0.05) is 11.6 Å². The summed E-state index contributed by atoms with van der Waals surface area (Å²) in [5.74, 6) is -1.52. The quantitative estimate of drug-likeness (QED) is 0.0956. The topological polar surface area (TPSA) is 161 Å². The number of ketones is 1. The Morgan fingerprint density at radius 1 is 0.822 bits per heavy atom. The molecular weight excluding hydrogens is 582 g/mol. The fourth-order valence-corrected chi connectivity index (χ4v) is 6.99. The van der Waals surface area contributed by atoms with Crippen LogP contribution in [-0.2, 0) is 9.53 Å². The summed E-state index contributed by atoms with van der Waals surface area (Å²) in [5.41, 5.74) is 0.439. The van der Waals surface area contributed by atoms with Gasteiger partial charge in [-0.15, -0.1) is 0 Å². The van der Waals surface area contributed by atoms with Crippen LogP contribution < -0.4 is 30.4 Å². The number of rotatable bonds is 11. The average Bonchev–Trinajstić information content (AvgIpc) is 3.14. The minimum absolute atomic E-state index is 0.0148. The lowest BCUT2D eigenvalue weighted by Gasteiger charge is -2.24. The van der Waals surface area contributed by atoms with Crippen LogP contribution in [0.1, 0.15) is 37.3 Å². The minimum Gasteiger partial charge on any atom is -0.507 e. The number of carbonyl (C=O) groups is 1. The van der Waals surface area contributed by atoms with Crippen molar-refractivity contribution in [3.63, 3.8) is 0 Å². The molecule has 1 atom stereocenters. The normalized spacial score (nSPS) is 14.4. The number of nitrogens with one attached hydrogen (secondary N) is 1. The standard InChI is InChI=1S/C34H33NO10/c1-14-11-16-22-27-23(32(40)31(16)35-7-6-9-45-10-8-36)17(38)12-19(42-3)25(27)26-20(43-4)13-18(39)24-29(26)28(22)30(21(14)15(2)37)34(44-5)33(24)41/h11-13,21,35-36,38-39H,6-10H2,1-5H3. The third kappa shape index (κ3) is 4.22. The molecule has 1 aliphatic carbocycles. The van der Waals surface area contributed by atoms with Gasteiger partial charge in [0.15, 0.2) is 5.75 Å². The van der Waals surface area contributed by atoms with Crippen molar-refractivity contribution >= 4 is 60.6 Å². The molecule has 5 aromatic rings. The van der Waals surface area contributed by atoms with Crippen molar-refractivity contribution in [2.24, 2.45) is 0 Å². The number of carbonyl (C=O) groups excluding carboxylic acids is 1. The first-order chi connectivity index (χ1) is 21.6. The molecule has 11 heteroatoms. The molecule has 0 fully saturated rings. The van der Waals surface area contributed by atoms with E-state index in [1.807, 2.05) is 0 Å². The Hall–Kier alpha value is -4.87. The van der Waals surface area contributed by atoms with Gasteiger partial charge in [-0.3, -0.25) is 14.4 Å². The summed E-state index contributed by atoms with van der Waals surface area (Å²) >= 11 is 0. The van der Waals surface area contributed by atoms with Crippen LogP contribution in [0.15, 0.2) is 27.3 Å². The van der Waals surface area contributed by atoms with Gasteiger partial charge < -0.3 is 39.6 Å². The van der Waals surface area contributed by atoms with Crippen molar-refractivity contribution in [1.29, 1.82) is 0 Å². The number of anilines is 1. The van der Waals surface area contributed by atoms with E-state index < -0.39 is 16.8 Å². The molecule has 11 nitrogen and oxygen atoms in total. The van der Waals surface area contributed by atoms with Gasteiger partial charge in [0.05, 0.1) is 56.9 Å². The molecule has 4 N–H and O–H groups in total. The maximum Gasteiger partial charge on any atom is 0.232 e. The Morgan fingerprint density at radius 2 is 1.42 bits per heavy atom. The van der Waals surface area contributed by atoms with Crippen molar-refractivity contribution in [3.8, 4) is 28.7 Å². The number of aliphatic hydroxyl groups excluding tert-OH is 1. The molecular formula is C34H33NO10. The van der Waals surface area contributed by atoms with Gasteiger partial charge in [0, 0.05) is 63.3 Å². The van der Waals surface area contributed by atoms with E-state index in [4.69, 9.17) is 24.1 Å². The number of Topliss-reactive ketones (excluding diaryl/α,β-unsaturated/α-hetero) is 1. The molecule has 6 rings (SSSR count). The zero-order valence-electron chi connectivity index (χ0n) is 25.5. The molecule has 234 valence electrons. The van der Waals surface area contributed by atoms with Crippen molar-refractivity contribution < 1.29 is 39.1 Å². The average molecular weight is 616 g/mol. The summed E-state index contributed by atoms with van der Waals surface area (Å²) in [6.45, 7) is 3.93. The summed E-state index contributed by atoms with van der Waals surface area (Å²) in [6, 6.07) is 2.67. The number of hydrogen-bond acceptors (Lipinski definition) is 11. The number of benzene rings is 5. The maximum absolute atomic E-state index is 14.4. The molecule has 0 heterocycles. The smallest absolute Gasteiger partial charge is 0.232 e. The molecule has 1 unspecified atom stereocenters. The van der Waals surface area contributed by atoms with Gasteiger partial charge in [-0.05, 0) is 25.7 Å². The predicted molar refractivity (Wildman–Crippen MR) is 172 cm³/mol. The first kappa shape index (κ1) is 30.2. The van der Waals surface area contributed by atoms with Crippen LogP contribution in [0.4, 0.5) is 5.69 Å². The Labute approximate surface area is 256 Å². The summed E-state index contributed by atoms with van der Waals surface area (Å²) in [4.78, 5) is 41.9. The van der Waals surface area contributed by atoms with Gasteiger partial charge in [0.25, 0.3) is 0 Å². The Bertz CT molecular complexity index is 2170. The minimum atomic E-state index is -0.925. The van der Waals surface area contributed by atoms with Crippen molar-refractivity contribution in [1.82, 2.24) is 0 Å². The number of hydrogen-bond donors (Lipinski definition) is 4. The lowest BCUT2D eigenvalue weighted by molar-refractivity contribution is -0.117. The Morgan fingerprint density at radius 3 is 1.98 bits per heavy atom. The molecule has 0 spiro atoms. The van der Waals surface area contributed by atoms with E-state index in [0.29, 0.717) is 68.6 Å². The number of phenolic OH excluding ortho intramolecular Hbond substituents is 2. The summed E-state index contributed by atoms with van der Waals surface area (Å²) in [5, 5.41) is 37.2.